The maximum atomic E-state index is 11.8. The molecule has 1 fully saturated rings. The number of aromatic nitrogens is 3. The Balaban J connectivity index is 1.42. The molecule has 150 valence electrons. The Morgan fingerprint density at radius 3 is 2.71 bits per heavy atom. The van der Waals surface area contributed by atoms with Gasteiger partial charge in [0, 0.05) is 58.5 Å². The molecule has 7 nitrogen and oxygen atoms in total. The van der Waals surface area contributed by atoms with Crippen molar-refractivity contribution < 1.29 is 9.53 Å². The van der Waals surface area contributed by atoms with Crippen LogP contribution in [-0.2, 0) is 24.3 Å². The second-order valence-electron chi connectivity index (χ2n) is 7.80. The van der Waals surface area contributed by atoms with Crippen molar-refractivity contribution in [3.63, 3.8) is 0 Å². The van der Waals surface area contributed by atoms with Gasteiger partial charge in [0.05, 0.1) is 7.11 Å². The minimum atomic E-state index is 0.158. The van der Waals surface area contributed by atoms with E-state index in [1.165, 1.54) is 5.56 Å². The summed E-state index contributed by atoms with van der Waals surface area (Å²) in [6.45, 7) is 7.08. The van der Waals surface area contributed by atoms with Crippen LogP contribution in [0, 0.1) is 0 Å². The first-order valence-corrected chi connectivity index (χ1v) is 10.2. The standard InChI is InChI=1S/C21H29N5O2/c1-16(27)25-10-3-4-18(15-25)21-23-22-20-9-11-24(12-13-26(20)21)14-17-5-7-19(28-2)8-6-17/h5-8,18H,3-4,9-15H2,1-2H3/t18-/m1/s1. The van der Waals surface area contributed by atoms with Crippen molar-refractivity contribution in [1.29, 1.82) is 0 Å². The highest BCUT2D eigenvalue weighted by atomic mass is 16.5. The van der Waals surface area contributed by atoms with Gasteiger partial charge in [-0.25, -0.2) is 0 Å². The summed E-state index contributed by atoms with van der Waals surface area (Å²) in [5, 5.41) is 9.02. The van der Waals surface area contributed by atoms with Crippen LogP contribution in [0.15, 0.2) is 24.3 Å². The van der Waals surface area contributed by atoms with Crippen molar-refractivity contribution in [2.24, 2.45) is 0 Å². The van der Waals surface area contributed by atoms with E-state index in [1.54, 1.807) is 14.0 Å². The van der Waals surface area contributed by atoms with Crippen LogP contribution in [0.1, 0.15) is 42.9 Å². The fraction of sp³-hybridized carbons (Fsp3) is 0.571. The molecule has 2 aliphatic rings. The molecule has 28 heavy (non-hydrogen) atoms. The van der Waals surface area contributed by atoms with Crippen LogP contribution in [0.25, 0.3) is 0 Å². The number of rotatable bonds is 4. The van der Waals surface area contributed by atoms with Crippen LogP contribution in [0.4, 0.5) is 0 Å². The smallest absolute Gasteiger partial charge is 0.219 e. The highest BCUT2D eigenvalue weighted by molar-refractivity contribution is 5.73. The topological polar surface area (TPSA) is 63.5 Å². The van der Waals surface area contributed by atoms with Crippen molar-refractivity contribution in [1.82, 2.24) is 24.6 Å². The van der Waals surface area contributed by atoms with E-state index in [2.05, 4.69) is 31.8 Å². The molecule has 0 bridgehead atoms. The summed E-state index contributed by atoms with van der Waals surface area (Å²) in [7, 11) is 1.69. The Morgan fingerprint density at radius 2 is 1.96 bits per heavy atom. The van der Waals surface area contributed by atoms with Gasteiger partial charge in [0.1, 0.15) is 17.4 Å². The number of nitrogens with zero attached hydrogens (tertiary/aromatic N) is 5. The van der Waals surface area contributed by atoms with Gasteiger partial charge in [0.25, 0.3) is 0 Å². The molecular weight excluding hydrogens is 354 g/mol. The van der Waals surface area contributed by atoms with E-state index in [0.29, 0.717) is 5.92 Å². The van der Waals surface area contributed by atoms with E-state index in [9.17, 15) is 4.79 Å². The summed E-state index contributed by atoms with van der Waals surface area (Å²) in [4.78, 5) is 16.2. The Bertz CT molecular complexity index is 817. The average molecular weight is 383 g/mol. The van der Waals surface area contributed by atoms with Gasteiger partial charge in [-0.15, -0.1) is 10.2 Å². The minimum Gasteiger partial charge on any atom is -0.497 e. The van der Waals surface area contributed by atoms with E-state index < -0.39 is 0 Å². The molecule has 1 aromatic carbocycles. The van der Waals surface area contributed by atoms with Crippen LogP contribution >= 0.6 is 0 Å². The molecule has 1 aromatic heterocycles. The molecule has 1 amide bonds. The maximum Gasteiger partial charge on any atom is 0.219 e. The average Bonchev–Trinajstić information content (AvgIpc) is 3.03. The van der Waals surface area contributed by atoms with Gasteiger partial charge in [0.15, 0.2) is 0 Å². The number of carbonyl (C=O) groups is 1. The lowest BCUT2D eigenvalue weighted by Crippen LogP contribution is -2.38. The third kappa shape index (κ3) is 4.04. The monoisotopic (exact) mass is 383 g/mol. The van der Waals surface area contributed by atoms with Crippen molar-refractivity contribution >= 4 is 5.91 Å². The molecule has 0 aliphatic carbocycles. The number of fused-ring (bicyclic) bond motifs is 1. The zero-order valence-electron chi connectivity index (χ0n) is 16.8. The SMILES string of the molecule is COc1ccc(CN2CCc3nnc([C@@H]4CCCN(C(C)=O)C4)n3CC2)cc1. The van der Waals surface area contributed by atoms with Crippen LogP contribution in [0.5, 0.6) is 5.75 Å². The third-order valence-electron chi connectivity index (χ3n) is 5.94. The van der Waals surface area contributed by atoms with E-state index in [4.69, 9.17) is 4.74 Å². The van der Waals surface area contributed by atoms with Crippen LogP contribution in [0.3, 0.4) is 0 Å². The highest BCUT2D eigenvalue weighted by Crippen LogP contribution is 2.27. The molecule has 0 N–H and O–H groups in total. The quantitative estimate of drug-likeness (QED) is 0.809. The second-order valence-corrected chi connectivity index (χ2v) is 7.80. The summed E-state index contributed by atoms with van der Waals surface area (Å²) >= 11 is 0. The molecule has 3 heterocycles. The fourth-order valence-corrected chi connectivity index (χ4v) is 4.31. The van der Waals surface area contributed by atoms with E-state index in [1.807, 2.05) is 17.0 Å². The van der Waals surface area contributed by atoms with Crippen molar-refractivity contribution in [2.45, 2.75) is 45.2 Å². The third-order valence-corrected chi connectivity index (χ3v) is 5.94. The minimum absolute atomic E-state index is 0.158. The van der Waals surface area contributed by atoms with Gasteiger partial charge in [-0.2, -0.15) is 0 Å². The highest BCUT2D eigenvalue weighted by Gasteiger charge is 2.29. The first kappa shape index (κ1) is 18.9. The van der Waals surface area contributed by atoms with Gasteiger partial charge < -0.3 is 14.2 Å². The molecule has 0 saturated carbocycles. The van der Waals surface area contributed by atoms with Gasteiger partial charge in [-0.1, -0.05) is 12.1 Å². The summed E-state index contributed by atoms with van der Waals surface area (Å²) in [5.74, 6) is 3.49. The molecule has 4 rings (SSSR count). The largest absolute Gasteiger partial charge is 0.497 e. The number of likely N-dealkylation sites (tertiary alicyclic amines) is 1. The first-order valence-electron chi connectivity index (χ1n) is 10.2. The van der Waals surface area contributed by atoms with E-state index in [0.717, 1.165) is 75.9 Å². The lowest BCUT2D eigenvalue weighted by atomic mass is 9.97. The van der Waals surface area contributed by atoms with E-state index >= 15 is 0 Å². The van der Waals surface area contributed by atoms with Crippen LogP contribution < -0.4 is 4.74 Å². The maximum absolute atomic E-state index is 11.8. The lowest BCUT2D eigenvalue weighted by molar-refractivity contribution is -0.130. The second kappa shape index (κ2) is 8.31. The lowest BCUT2D eigenvalue weighted by Gasteiger charge is -2.31. The number of carbonyl (C=O) groups excluding carboxylic acids is 1. The van der Waals surface area contributed by atoms with Crippen molar-refractivity contribution in [3.05, 3.63) is 41.5 Å². The number of ether oxygens (including phenoxy) is 1. The predicted octanol–water partition coefficient (Wildman–Crippen LogP) is 2.07. The molecular formula is C21H29N5O2. The predicted molar refractivity (Wildman–Crippen MR) is 106 cm³/mol. The Labute approximate surface area is 166 Å². The number of hydrogen-bond acceptors (Lipinski definition) is 5. The van der Waals surface area contributed by atoms with Crippen LogP contribution in [-0.4, -0.2) is 63.8 Å². The number of methoxy groups -OCH3 is 1. The fourth-order valence-electron chi connectivity index (χ4n) is 4.31. The molecule has 1 atom stereocenters. The molecule has 0 unspecified atom stereocenters. The van der Waals surface area contributed by atoms with Gasteiger partial charge in [0.2, 0.25) is 5.91 Å². The van der Waals surface area contributed by atoms with Crippen LogP contribution in [0.2, 0.25) is 0 Å². The zero-order chi connectivity index (χ0) is 19.5. The molecule has 0 spiro atoms. The molecule has 2 aliphatic heterocycles. The van der Waals surface area contributed by atoms with Crippen molar-refractivity contribution in [3.8, 4) is 5.75 Å². The number of amides is 1. The normalized spacial score (nSPS) is 20.5. The zero-order valence-corrected chi connectivity index (χ0v) is 16.8. The Hall–Kier alpha value is -2.41. The van der Waals surface area contributed by atoms with Gasteiger partial charge in [-0.05, 0) is 30.5 Å². The van der Waals surface area contributed by atoms with Gasteiger partial charge >= 0.3 is 0 Å². The number of piperidine rings is 1. The summed E-state index contributed by atoms with van der Waals surface area (Å²) in [5.41, 5.74) is 1.29. The molecule has 2 aromatic rings. The van der Waals surface area contributed by atoms with E-state index in [-0.39, 0.29) is 5.91 Å². The number of hydrogen-bond donors (Lipinski definition) is 0. The Morgan fingerprint density at radius 1 is 1.14 bits per heavy atom. The van der Waals surface area contributed by atoms with Crippen molar-refractivity contribution in [2.75, 3.05) is 33.3 Å². The summed E-state index contributed by atoms with van der Waals surface area (Å²) in [6.07, 6.45) is 3.03. The Kier molecular flexibility index (Phi) is 5.62. The molecule has 0 radical (unpaired) electrons. The first-order chi connectivity index (χ1) is 13.6. The molecule has 1 saturated heterocycles. The molecule has 7 heteroatoms. The summed E-state index contributed by atoms with van der Waals surface area (Å²) in [6, 6.07) is 8.30. The number of benzene rings is 1. The van der Waals surface area contributed by atoms with Gasteiger partial charge in [-0.3, -0.25) is 9.69 Å². The summed E-state index contributed by atoms with van der Waals surface area (Å²) < 4.78 is 7.56.